The van der Waals surface area contributed by atoms with Gasteiger partial charge >= 0.3 is 5.97 Å². The third-order valence-corrected chi connectivity index (χ3v) is 3.75. The summed E-state index contributed by atoms with van der Waals surface area (Å²) in [7, 11) is 0. The topological polar surface area (TPSA) is 79.3 Å². The minimum atomic E-state index is -0.751. The maximum atomic E-state index is 11.9. The summed E-state index contributed by atoms with van der Waals surface area (Å²) in [4.78, 5) is 26.9. The van der Waals surface area contributed by atoms with Crippen LogP contribution in [0.4, 0.5) is 0 Å². The fourth-order valence-corrected chi connectivity index (χ4v) is 2.65. The fraction of sp³-hybridized carbons (Fsp3) is 0.533. The normalized spacial score (nSPS) is 22.2. The van der Waals surface area contributed by atoms with Gasteiger partial charge in [0, 0.05) is 24.9 Å². The first kappa shape index (κ1) is 14.5. The van der Waals surface area contributed by atoms with Crippen LogP contribution in [0.3, 0.4) is 0 Å². The molecule has 1 aromatic rings. The number of hydrogen-bond donors (Lipinski definition) is 2. The molecule has 108 valence electrons. The van der Waals surface area contributed by atoms with Gasteiger partial charge in [0.25, 0.3) is 0 Å². The number of carboxylic acids is 1. The van der Waals surface area contributed by atoms with E-state index in [2.05, 4.69) is 10.3 Å². The van der Waals surface area contributed by atoms with Crippen molar-refractivity contribution in [3.05, 3.63) is 30.1 Å². The van der Waals surface area contributed by atoms with E-state index in [0.29, 0.717) is 19.3 Å². The molecule has 0 spiro atoms. The lowest BCUT2D eigenvalue weighted by Crippen LogP contribution is -2.40. The predicted molar refractivity (Wildman–Crippen MR) is 74.1 cm³/mol. The van der Waals surface area contributed by atoms with E-state index < -0.39 is 5.97 Å². The average molecular weight is 276 g/mol. The number of carbonyl (C=O) groups excluding carboxylic acids is 1. The molecule has 20 heavy (non-hydrogen) atoms. The van der Waals surface area contributed by atoms with Crippen LogP contribution in [0, 0.1) is 5.92 Å². The SMILES string of the molecule is O=C(CCc1cccnc1)NC1CCCC(C(=O)O)C1. The molecule has 2 unspecified atom stereocenters. The highest BCUT2D eigenvalue weighted by atomic mass is 16.4. The molecule has 0 bridgehead atoms. The van der Waals surface area contributed by atoms with Crippen LogP contribution in [0.5, 0.6) is 0 Å². The van der Waals surface area contributed by atoms with Gasteiger partial charge in [0.1, 0.15) is 0 Å². The minimum Gasteiger partial charge on any atom is -0.481 e. The monoisotopic (exact) mass is 276 g/mol. The smallest absolute Gasteiger partial charge is 0.306 e. The number of pyridine rings is 1. The Morgan fingerprint density at radius 1 is 1.40 bits per heavy atom. The lowest BCUT2D eigenvalue weighted by molar-refractivity contribution is -0.143. The van der Waals surface area contributed by atoms with E-state index in [1.807, 2.05) is 12.1 Å². The summed E-state index contributed by atoms with van der Waals surface area (Å²) in [6, 6.07) is 3.80. The summed E-state index contributed by atoms with van der Waals surface area (Å²) in [6.45, 7) is 0. The second kappa shape index (κ2) is 7.03. The van der Waals surface area contributed by atoms with Crippen molar-refractivity contribution in [3.8, 4) is 0 Å². The maximum Gasteiger partial charge on any atom is 0.306 e. The Hall–Kier alpha value is -1.91. The van der Waals surface area contributed by atoms with Crippen LogP contribution in [0.2, 0.25) is 0 Å². The third-order valence-electron chi connectivity index (χ3n) is 3.75. The van der Waals surface area contributed by atoms with Crippen molar-refractivity contribution in [2.24, 2.45) is 5.92 Å². The van der Waals surface area contributed by atoms with Crippen LogP contribution in [0.1, 0.15) is 37.7 Å². The summed E-state index contributed by atoms with van der Waals surface area (Å²) in [6.07, 6.45) is 7.55. The zero-order valence-corrected chi connectivity index (χ0v) is 11.4. The van der Waals surface area contributed by atoms with Gasteiger partial charge in [-0.1, -0.05) is 12.5 Å². The van der Waals surface area contributed by atoms with Crippen LogP contribution < -0.4 is 5.32 Å². The van der Waals surface area contributed by atoms with Gasteiger partial charge in [0.05, 0.1) is 5.92 Å². The number of aromatic nitrogens is 1. The Balaban J connectivity index is 1.75. The van der Waals surface area contributed by atoms with Gasteiger partial charge in [0.15, 0.2) is 0 Å². The van der Waals surface area contributed by atoms with Crippen molar-refractivity contribution in [1.82, 2.24) is 10.3 Å². The summed E-state index contributed by atoms with van der Waals surface area (Å²) < 4.78 is 0. The molecule has 2 atom stereocenters. The van der Waals surface area contributed by atoms with Crippen molar-refractivity contribution in [1.29, 1.82) is 0 Å². The van der Waals surface area contributed by atoms with Gasteiger partial charge in [-0.25, -0.2) is 0 Å². The quantitative estimate of drug-likeness (QED) is 0.859. The van der Waals surface area contributed by atoms with Crippen LogP contribution in [-0.2, 0) is 16.0 Å². The summed E-state index contributed by atoms with van der Waals surface area (Å²) in [5.41, 5.74) is 1.04. The zero-order chi connectivity index (χ0) is 14.4. The molecule has 1 aliphatic carbocycles. The Morgan fingerprint density at radius 3 is 2.95 bits per heavy atom. The molecule has 2 N–H and O–H groups in total. The lowest BCUT2D eigenvalue weighted by atomic mass is 9.85. The molecular formula is C15H20N2O3. The van der Waals surface area contributed by atoms with Gasteiger partial charge in [-0.3, -0.25) is 14.6 Å². The van der Waals surface area contributed by atoms with Crippen molar-refractivity contribution in [2.75, 3.05) is 0 Å². The van der Waals surface area contributed by atoms with E-state index in [-0.39, 0.29) is 17.9 Å². The molecule has 1 aromatic heterocycles. The van der Waals surface area contributed by atoms with Gasteiger partial charge in [0.2, 0.25) is 5.91 Å². The van der Waals surface area contributed by atoms with Crippen molar-refractivity contribution in [3.63, 3.8) is 0 Å². The number of hydrogen-bond acceptors (Lipinski definition) is 3. The fourth-order valence-electron chi connectivity index (χ4n) is 2.65. The molecule has 0 aliphatic heterocycles. The van der Waals surface area contributed by atoms with E-state index in [0.717, 1.165) is 24.8 Å². The Labute approximate surface area is 118 Å². The number of aryl methyl sites for hydroxylation is 1. The molecule has 0 radical (unpaired) electrons. The number of nitrogens with one attached hydrogen (secondary N) is 1. The minimum absolute atomic E-state index is 0.00579. The van der Waals surface area contributed by atoms with Gasteiger partial charge in [-0.05, 0) is 37.3 Å². The number of carboxylic acid groups (broad SMARTS) is 1. The van der Waals surface area contributed by atoms with Gasteiger partial charge in [-0.15, -0.1) is 0 Å². The molecule has 0 aromatic carbocycles. The van der Waals surface area contributed by atoms with E-state index in [1.165, 1.54) is 0 Å². The summed E-state index contributed by atoms with van der Waals surface area (Å²) >= 11 is 0. The molecule has 1 aliphatic rings. The van der Waals surface area contributed by atoms with E-state index in [1.54, 1.807) is 12.4 Å². The Morgan fingerprint density at radius 2 is 2.25 bits per heavy atom. The highest BCUT2D eigenvalue weighted by molar-refractivity contribution is 5.76. The maximum absolute atomic E-state index is 11.9. The second-order valence-corrected chi connectivity index (χ2v) is 5.33. The Bertz CT molecular complexity index is 461. The van der Waals surface area contributed by atoms with E-state index in [4.69, 9.17) is 5.11 Å². The average Bonchev–Trinajstić information content (AvgIpc) is 2.46. The number of amides is 1. The van der Waals surface area contributed by atoms with Crippen molar-refractivity contribution >= 4 is 11.9 Å². The first-order valence-electron chi connectivity index (χ1n) is 7.06. The number of rotatable bonds is 5. The molecule has 1 saturated carbocycles. The summed E-state index contributed by atoms with van der Waals surface area (Å²) in [5, 5.41) is 12.0. The molecular weight excluding hydrogens is 256 g/mol. The highest BCUT2D eigenvalue weighted by Crippen LogP contribution is 2.24. The van der Waals surface area contributed by atoms with Crippen molar-refractivity contribution < 1.29 is 14.7 Å². The zero-order valence-electron chi connectivity index (χ0n) is 11.4. The van der Waals surface area contributed by atoms with Crippen LogP contribution >= 0.6 is 0 Å². The van der Waals surface area contributed by atoms with E-state index in [9.17, 15) is 9.59 Å². The molecule has 0 saturated heterocycles. The first-order chi connectivity index (χ1) is 9.65. The summed E-state index contributed by atoms with van der Waals surface area (Å²) in [5.74, 6) is -1.07. The molecule has 1 amide bonds. The molecule has 2 rings (SSSR count). The van der Waals surface area contributed by atoms with Gasteiger partial charge in [-0.2, -0.15) is 0 Å². The van der Waals surface area contributed by atoms with Crippen LogP contribution in [0.15, 0.2) is 24.5 Å². The molecule has 1 fully saturated rings. The molecule has 5 nitrogen and oxygen atoms in total. The lowest BCUT2D eigenvalue weighted by Gasteiger charge is -2.27. The van der Waals surface area contributed by atoms with Gasteiger partial charge < -0.3 is 10.4 Å². The molecule has 5 heteroatoms. The Kier molecular flexibility index (Phi) is 5.09. The number of carbonyl (C=O) groups is 2. The largest absolute Gasteiger partial charge is 0.481 e. The standard InChI is InChI=1S/C15H20N2O3/c18-14(7-6-11-3-2-8-16-10-11)17-13-5-1-4-12(9-13)15(19)20/h2-3,8,10,12-13H,1,4-7,9H2,(H,17,18)(H,19,20). The number of nitrogens with zero attached hydrogens (tertiary/aromatic N) is 1. The predicted octanol–water partition coefficient (Wildman–Crippen LogP) is 1.77. The van der Waals surface area contributed by atoms with Crippen LogP contribution in [0.25, 0.3) is 0 Å². The second-order valence-electron chi connectivity index (χ2n) is 5.33. The first-order valence-corrected chi connectivity index (χ1v) is 7.06. The number of aliphatic carboxylic acids is 1. The molecule has 1 heterocycles. The van der Waals surface area contributed by atoms with Crippen molar-refractivity contribution in [2.45, 2.75) is 44.6 Å². The van der Waals surface area contributed by atoms with E-state index >= 15 is 0 Å². The van der Waals surface area contributed by atoms with Crippen LogP contribution in [-0.4, -0.2) is 28.0 Å². The highest BCUT2D eigenvalue weighted by Gasteiger charge is 2.27. The third kappa shape index (κ3) is 4.33.